The average molecular weight is 267 g/mol. The zero-order valence-corrected chi connectivity index (χ0v) is 10.9. The summed E-state index contributed by atoms with van der Waals surface area (Å²) >= 11 is 0. The van der Waals surface area contributed by atoms with E-state index in [1.807, 2.05) is 6.92 Å². The van der Waals surface area contributed by atoms with Crippen molar-refractivity contribution in [1.29, 1.82) is 0 Å². The fraction of sp³-hybridized carbons (Fsp3) is 0.538. The number of furan rings is 1. The maximum absolute atomic E-state index is 11.9. The van der Waals surface area contributed by atoms with Crippen LogP contribution < -0.4 is 5.32 Å². The Bertz CT molecular complexity index is 493. The molecule has 0 bridgehead atoms. The Labute approximate surface area is 110 Å². The first-order chi connectivity index (χ1) is 8.99. The van der Waals surface area contributed by atoms with Crippen molar-refractivity contribution in [3.05, 3.63) is 23.2 Å². The predicted octanol–water partition coefficient (Wildman–Crippen LogP) is 1.33. The van der Waals surface area contributed by atoms with Gasteiger partial charge in [0.05, 0.1) is 18.6 Å². The van der Waals surface area contributed by atoms with Crippen LogP contribution in [-0.4, -0.2) is 29.7 Å². The molecular formula is C13H17NO5. The van der Waals surface area contributed by atoms with Crippen LogP contribution in [0.1, 0.15) is 35.2 Å². The monoisotopic (exact) mass is 267 g/mol. The Balaban J connectivity index is 1.93. The maximum atomic E-state index is 11.9. The smallest absolute Gasteiger partial charge is 0.339 e. The highest BCUT2D eigenvalue weighted by Crippen LogP contribution is 2.21. The summed E-state index contributed by atoms with van der Waals surface area (Å²) in [7, 11) is 0. The molecule has 1 saturated heterocycles. The normalized spacial score (nSPS) is 22.4. The van der Waals surface area contributed by atoms with Gasteiger partial charge in [0.1, 0.15) is 17.1 Å². The molecule has 2 N–H and O–H groups in total. The largest absolute Gasteiger partial charge is 0.478 e. The molecule has 6 nitrogen and oxygen atoms in total. The fourth-order valence-corrected chi connectivity index (χ4v) is 2.22. The van der Waals surface area contributed by atoms with Gasteiger partial charge in [0.15, 0.2) is 0 Å². The first-order valence-corrected chi connectivity index (χ1v) is 6.21. The van der Waals surface area contributed by atoms with Gasteiger partial charge in [-0.3, -0.25) is 4.79 Å². The molecule has 6 heteroatoms. The molecule has 1 aliphatic rings. The topological polar surface area (TPSA) is 88.8 Å². The number of carbonyl (C=O) groups is 2. The number of carbonyl (C=O) groups excluding carboxylic acids is 1. The molecule has 0 aromatic carbocycles. The molecule has 2 heterocycles. The molecule has 19 heavy (non-hydrogen) atoms. The minimum absolute atomic E-state index is 0.0760. The molecule has 1 amide bonds. The molecule has 2 atom stereocenters. The van der Waals surface area contributed by atoms with Crippen LogP contribution in [0.3, 0.4) is 0 Å². The van der Waals surface area contributed by atoms with Crippen LogP contribution in [-0.2, 0) is 16.1 Å². The molecule has 104 valence electrons. The standard InChI is InChI=1S/C13H17NO5/c1-7-10(3-4-18-7)12(15)14-6-9-5-11(13(16)17)8(2)19-9/h5,7,10H,3-4,6H2,1-2H3,(H,14,15)(H,16,17). The molecule has 0 spiro atoms. The van der Waals surface area contributed by atoms with Crippen LogP contribution in [0.4, 0.5) is 0 Å². The van der Waals surface area contributed by atoms with Crippen molar-refractivity contribution in [1.82, 2.24) is 5.32 Å². The number of nitrogens with one attached hydrogen (secondary N) is 1. The Hall–Kier alpha value is -1.82. The number of ether oxygens (including phenoxy) is 1. The number of hydrogen-bond acceptors (Lipinski definition) is 4. The molecule has 0 saturated carbocycles. The summed E-state index contributed by atoms with van der Waals surface area (Å²) in [6.45, 7) is 4.25. The van der Waals surface area contributed by atoms with Crippen molar-refractivity contribution in [3.63, 3.8) is 0 Å². The van der Waals surface area contributed by atoms with Crippen molar-refractivity contribution in [2.45, 2.75) is 32.9 Å². The van der Waals surface area contributed by atoms with Crippen LogP contribution in [0.2, 0.25) is 0 Å². The van der Waals surface area contributed by atoms with Crippen LogP contribution >= 0.6 is 0 Å². The highest BCUT2D eigenvalue weighted by Gasteiger charge is 2.30. The van der Waals surface area contributed by atoms with Crippen molar-refractivity contribution in [2.24, 2.45) is 5.92 Å². The lowest BCUT2D eigenvalue weighted by molar-refractivity contribution is -0.126. The van der Waals surface area contributed by atoms with Gasteiger partial charge in [0.2, 0.25) is 5.91 Å². The molecule has 1 aromatic rings. The van der Waals surface area contributed by atoms with Gasteiger partial charge in [0.25, 0.3) is 0 Å². The molecule has 0 aliphatic carbocycles. The Morgan fingerprint density at radius 1 is 1.53 bits per heavy atom. The number of aryl methyl sites for hydroxylation is 1. The van der Waals surface area contributed by atoms with E-state index >= 15 is 0 Å². The van der Waals surface area contributed by atoms with Gasteiger partial charge < -0.3 is 19.6 Å². The SMILES string of the molecule is Cc1oc(CNC(=O)C2CCOC2C)cc1C(=O)O. The predicted molar refractivity (Wildman–Crippen MR) is 65.8 cm³/mol. The third-order valence-electron chi connectivity index (χ3n) is 3.35. The van der Waals surface area contributed by atoms with Gasteiger partial charge in [0, 0.05) is 6.61 Å². The van der Waals surface area contributed by atoms with Crippen LogP contribution in [0.5, 0.6) is 0 Å². The number of aromatic carboxylic acids is 1. The highest BCUT2D eigenvalue weighted by molar-refractivity contribution is 5.88. The minimum Gasteiger partial charge on any atom is -0.478 e. The number of carboxylic acid groups (broad SMARTS) is 1. The zero-order valence-electron chi connectivity index (χ0n) is 10.9. The summed E-state index contributed by atoms with van der Waals surface area (Å²) < 4.78 is 10.6. The molecule has 2 rings (SSSR count). The number of rotatable bonds is 4. The van der Waals surface area contributed by atoms with Gasteiger partial charge in [-0.25, -0.2) is 4.79 Å². The quantitative estimate of drug-likeness (QED) is 0.859. The summed E-state index contributed by atoms with van der Waals surface area (Å²) in [5.74, 6) is -0.480. The van der Waals surface area contributed by atoms with Gasteiger partial charge in [-0.2, -0.15) is 0 Å². The van der Waals surface area contributed by atoms with E-state index in [0.29, 0.717) is 24.5 Å². The first kappa shape index (κ1) is 13.6. The van der Waals surface area contributed by atoms with Gasteiger partial charge in [-0.15, -0.1) is 0 Å². The Morgan fingerprint density at radius 3 is 2.79 bits per heavy atom. The van der Waals surface area contributed by atoms with Crippen LogP contribution in [0.15, 0.2) is 10.5 Å². The van der Waals surface area contributed by atoms with Crippen molar-refractivity contribution in [3.8, 4) is 0 Å². The van der Waals surface area contributed by atoms with Crippen molar-refractivity contribution in [2.75, 3.05) is 6.61 Å². The van der Waals surface area contributed by atoms with E-state index in [9.17, 15) is 9.59 Å². The van der Waals surface area contributed by atoms with Gasteiger partial charge in [-0.1, -0.05) is 0 Å². The molecule has 0 radical (unpaired) electrons. The summed E-state index contributed by atoms with van der Waals surface area (Å²) in [6, 6.07) is 1.44. The number of amides is 1. The molecule has 1 fully saturated rings. The molecule has 2 unspecified atom stereocenters. The highest BCUT2D eigenvalue weighted by atomic mass is 16.5. The van der Waals surface area contributed by atoms with E-state index in [4.69, 9.17) is 14.3 Å². The maximum Gasteiger partial charge on any atom is 0.339 e. The third kappa shape index (κ3) is 2.96. The van der Waals surface area contributed by atoms with Gasteiger partial charge >= 0.3 is 5.97 Å². The van der Waals surface area contributed by atoms with E-state index in [2.05, 4.69) is 5.32 Å². The second-order valence-corrected chi connectivity index (χ2v) is 4.68. The lowest BCUT2D eigenvalue weighted by atomic mass is 10.0. The third-order valence-corrected chi connectivity index (χ3v) is 3.35. The summed E-state index contributed by atoms with van der Waals surface area (Å²) in [4.78, 5) is 22.8. The average Bonchev–Trinajstić information content (AvgIpc) is 2.92. The van der Waals surface area contributed by atoms with Crippen molar-refractivity contribution >= 4 is 11.9 Å². The zero-order chi connectivity index (χ0) is 14.0. The van der Waals surface area contributed by atoms with E-state index in [1.165, 1.54) is 6.07 Å². The molecule has 1 aliphatic heterocycles. The fourth-order valence-electron chi connectivity index (χ4n) is 2.22. The van der Waals surface area contributed by atoms with Gasteiger partial charge in [-0.05, 0) is 26.3 Å². The van der Waals surface area contributed by atoms with Crippen LogP contribution in [0.25, 0.3) is 0 Å². The number of carboxylic acids is 1. The molecule has 1 aromatic heterocycles. The summed E-state index contributed by atoms with van der Waals surface area (Å²) in [5.41, 5.74) is 0.127. The minimum atomic E-state index is -1.03. The lowest BCUT2D eigenvalue weighted by Crippen LogP contribution is -2.33. The Morgan fingerprint density at radius 2 is 2.26 bits per heavy atom. The summed E-state index contributed by atoms with van der Waals surface area (Å²) in [5, 5.41) is 11.6. The summed E-state index contributed by atoms with van der Waals surface area (Å²) in [6.07, 6.45) is 0.637. The first-order valence-electron chi connectivity index (χ1n) is 6.21. The van der Waals surface area contributed by atoms with Crippen LogP contribution in [0, 0.1) is 12.8 Å². The Kier molecular flexibility index (Phi) is 3.90. The van der Waals surface area contributed by atoms with Crippen molar-refractivity contribution < 1.29 is 23.8 Å². The number of hydrogen-bond donors (Lipinski definition) is 2. The molecular weight excluding hydrogens is 250 g/mol. The lowest BCUT2D eigenvalue weighted by Gasteiger charge is -2.13. The second-order valence-electron chi connectivity index (χ2n) is 4.68. The van der Waals surface area contributed by atoms with E-state index in [-0.39, 0.29) is 30.0 Å². The van der Waals surface area contributed by atoms with E-state index < -0.39 is 5.97 Å². The van der Waals surface area contributed by atoms with E-state index in [1.54, 1.807) is 6.92 Å². The second kappa shape index (κ2) is 5.44. The van der Waals surface area contributed by atoms with E-state index in [0.717, 1.165) is 0 Å².